The molecule has 148 valence electrons. The summed E-state index contributed by atoms with van der Waals surface area (Å²) in [6.45, 7) is 0.772. The molecule has 6 heteroatoms. The number of fused-ring (bicyclic) bond motifs is 2. The van der Waals surface area contributed by atoms with Crippen LogP contribution in [0.1, 0.15) is 31.8 Å². The summed E-state index contributed by atoms with van der Waals surface area (Å²) in [6, 6.07) is 16.7. The minimum atomic E-state index is -0.226. The topological polar surface area (TPSA) is 75.3 Å². The number of nitrogens with one attached hydrogen (secondary N) is 1. The molecule has 4 aromatic rings. The second kappa shape index (κ2) is 7.48. The molecule has 0 radical (unpaired) electrons. The van der Waals surface area contributed by atoms with Crippen molar-refractivity contribution >= 4 is 22.7 Å². The van der Waals surface area contributed by atoms with E-state index in [1.807, 2.05) is 36.5 Å². The molecule has 0 unspecified atom stereocenters. The Morgan fingerprint density at radius 1 is 0.967 bits per heavy atom. The zero-order valence-electron chi connectivity index (χ0n) is 16.2. The number of H-pyrrole nitrogens is 1. The summed E-state index contributed by atoms with van der Waals surface area (Å²) >= 11 is 0. The lowest BCUT2D eigenvalue weighted by Crippen LogP contribution is -2.31. The third-order valence-corrected chi connectivity index (χ3v) is 5.35. The van der Waals surface area contributed by atoms with E-state index in [1.165, 1.54) is 4.90 Å². The van der Waals surface area contributed by atoms with Crippen molar-refractivity contribution in [3.63, 3.8) is 0 Å². The lowest BCUT2D eigenvalue weighted by molar-refractivity contribution is 0.0656. The lowest BCUT2D eigenvalue weighted by atomic mass is 10.1. The molecule has 0 atom stereocenters. The summed E-state index contributed by atoms with van der Waals surface area (Å²) in [5.74, 6) is 0.305. The van der Waals surface area contributed by atoms with Crippen molar-refractivity contribution in [2.45, 2.75) is 13.0 Å². The Labute approximate surface area is 173 Å². The molecule has 2 amide bonds. The number of imide groups is 1. The quantitative estimate of drug-likeness (QED) is 0.500. The average Bonchev–Trinajstić information content (AvgIpc) is 3.30. The molecular formula is C24H19N3O3. The van der Waals surface area contributed by atoms with E-state index in [1.54, 1.807) is 36.7 Å². The van der Waals surface area contributed by atoms with Gasteiger partial charge in [-0.15, -0.1) is 0 Å². The zero-order valence-corrected chi connectivity index (χ0v) is 16.2. The fourth-order valence-corrected chi connectivity index (χ4v) is 3.78. The molecule has 0 spiro atoms. The number of ether oxygens (including phenoxy) is 1. The molecule has 0 fully saturated rings. The van der Waals surface area contributed by atoms with Gasteiger partial charge in [0.1, 0.15) is 12.4 Å². The molecule has 2 aromatic heterocycles. The SMILES string of the molecule is O=C1c2ccccc2C(=O)N1CCc1c[nH]c2ccc(OCc3cccnc3)cc12. The molecular weight excluding hydrogens is 378 g/mol. The molecule has 2 aromatic carbocycles. The first kappa shape index (κ1) is 18.1. The fourth-order valence-electron chi connectivity index (χ4n) is 3.78. The summed E-state index contributed by atoms with van der Waals surface area (Å²) in [5.41, 5.74) is 3.98. The molecule has 1 aliphatic rings. The molecule has 1 aliphatic heterocycles. The van der Waals surface area contributed by atoms with Crippen LogP contribution in [0.15, 0.2) is 73.2 Å². The van der Waals surface area contributed by atoms with Crippen molar-refractivity contribution in [3.8, 4) is 5.75 Å². The maximum Gasteiger partial charge on any atom is 0.261 e. The number of pyridine rings is 1. The van der Waals surface area contributed by atoms with Gasteiger partial charge < -0.3 is 9.72 Å². The van der Waals surface area contributed by atoms with Crippen LogP contribution in [0.2, 0.25) is 0 Å². The van der Waals surface area contributed by atoms with Crippen LogP contribution in [0.3, 0.4) is 0 Å². The highest BCUT2D eigenvalue weighted by Gasteiger charge is 2.34. The van der Waals surface area contributed by atoms with Crippen molar-refractivity contribution in [2.75, 3.05) is 6.54 Å². The smallest absolute Gasteiger partial charge is 0.261 e. The van der Waals surface area contributed by atoms with E-state index >= 15 is 0 Å². The lowest BCUT2D eigenvalue weighted by Gasteiger charge is -2.13. The molecule has 5 rings (SSSR count). The van der Waals surface area contributed by atoms with Gasteiger partial charge >= 0.3 is 0 Å². The van der Waals surface area contributed by atoms with Gasteiger partial charge in [-0.25, -0.2) is 0 Å². The van der Waals surface area contributed by atoms with Crippen LogP contribution in [0.5, 0.6) is 5.75 Å². The van der Waals surface area contributed by atoms with E-state index in [-0.39, 0.29) is 11.8 Å². The van der Waals surface area contributed by atoms with Crippen LogP contribution in [-0.4, -0.2) is 33.2 Å². The van der Waals surface area contributed by atoms with Gasteiger partial charge in [0.2, 0.25) is 0 Å². The van der Waals surface area contributed by atoms with Crippen molar-refractivity contribution in [1.29, 1.82) is 0 Å². The van der Waals surface area contributed by atoms with E-state index in [4.69, 9.17) is 4.74 Å². The predicted octanol–water partition coefficient (Wildman–Crippen LogP) is 3.98. The van der Waals surface area contributed by atoms with E-state index in [0.717, 1.165) is 27.8 Å². The van der Waals surface area contributed by atoms with Crippen molar-refractivity contribution in [1.82, 2.24) is 14.9 Å². The van der Waals surface area contributed by atoms with Crippen LogP contribution in [0, 0.1) is 0 Å². The van der Waals surface area contributed by atoms with Crippen LogP contribution in [-0.2, 0) is 13.0 Å². The zero-order chi connectivity index (χ0) is 20.5. The third-order valence-electron chi connectivity index (χ3n) is 5.35. The number of aromatic nitrogens is 2. The maximum absolute atomic E-state index is 12.6. The van der Waals surface area contributed by atoms with E-state index in [2.05, 4.69) is 9.97 Å². The highest BCUT2D eigenvalue weighted by atomic mass is 16.5. The normalized spacial score (nSPS) is 13.1. The molecule has 0 bridgehead atoms. The number of carbonyl (C=O) groups is 2. The van der Waals surface area contributed by atoms with Crippen molar-refractivity contribution < 1.29 is 14.3 Å². The summed E-state index contributed by atoms with van der Waals surface area (Å²) < 4.78 is 5.91. The van der Waals surface area contributed by atoms with Gasteiger partial charge in [0.05, 0.1) is 11.1 Å². The van der Waals surface area contributed by atoms with Gasteiger partial charge in [0, 0.05) is 41.6 Å². The fraction of sp³-hybridized carbons (Fsp3) is 0.125. The van der Waals surface area contributed by atoms with Gasteiger partial charge in [-0.3, -0.25) is 19.5 Å². The van der Waals surface area contributed by atoms with Gasteiger partial charge in [-0.2, -0.15) is 0 Å². The minimum Gasteiger partial charge on any atom is -0.489 e. The monoisotopic (exact) mass is 397 g/mol. The standard InChI is InChI=1S/C24H19N3O3/c28-23-19-5-1-2-6-20(19)24(29)27(23)11-9-17-14-26-22-8-7-18(12-21(17)22)30-15-16-4-3-10-25-13-16/h1-8,10,12-14,26H,9,11,15H2. The highest BCUT2D eigenvalue weighted by molar-refractivity contribution is 6.21. The van der Waals surface area contributed by atoms with Crippen LogP contribution < -0.4 is 4.74 Å². The second-order valence-electron chi connectivity index (χ2n) is 7.23. The van der Waals surface area contributed by atoms with Gasteiger partial charge in [-0.1, -0.05) is 18.2 Å². The number of aromatic amines is 1. The van der Waals surface area contributed by atoms with Crippen molar-refractivity contribution in [3.05, 3.63) is 95.4 Å². The number of hydrogen-bond donors (Lipinski definition) is 1. The molecule has 6 nitrogen and oxygen atoms in total. The van der Waals surface area contributed by atoms with Gasteiger partial charge in [0.25, 0.3) is 11.8 Å². The summed E-state index contributed by atoms with van der Waals surface area (Å²) in [7, 11) is 0. The Hall–Kier alpha value is -3.93. The Morgan fingerprint density at radius 2 is 1.77 bits per heavy atom. The predicted molar refractivity (Wildman–Crippen MR) is 112 cm³/mol. The number of carbonyl (C=O) groups excluding carboxylic acids is 2. The summed E-state index contributed by atoms with van der Waals surface area (Å²) in [5, 5.41) is 1.02. The molecule has 0 saturated heterocycles. The average molecular weight is 397 g/mol. The molecule has 1 N–H and O–H groups in total. The van der Waals surface area contributed by atoms with E-state index < -0.39 is 0 Å². The van der Waals surface area contributed by atoms with Crippen LogP contribution in [0.4, 0.5) is 0 Å². The third kappa shape index (κ3) is 3.22. The highest BCUT2D eigenvalue weighted by Crippen LogP contribution is 2.27. The summed E-state index contributed by atoms with van der Waals surface area (Å²) in [4.78, 5) is 33.8. The molecule has 3 heterocycles. The molecule has 0 saturated carbocycles. The van der Waals surface area contributed by atoms with Gasteiger partial charge in [0.15, 0.2) is 0 Å². The van der Waals surface area contributed by atoms with Crippen LogP contribution >= 0.6 is 0 Å². The maximum atomic E-state index is 12.6. The Kier molecular flexibility index (Phi) is 4.52. The first-order valence-corrected chi connectivity index (χ1v) is 9.77. The van der Waals surface area contributed by atoms with E-state index in [0.29, 0.717) is 30.7 Å². The molecule has 0 aliphatic carbocycles. The number of benzene rings is 2. The van der Waals surface area contributed by atoms with Crippen LogP contribution in [0.25, 0.3) is 10.9 Å². The second-order valence-corrected chi connectivity index (χ2v) is 7.23. The Morgan fingerprint density at radius 3 is 2.50 bits per heavy atom. The number of amides is 2. The largest absolute Gasteiger partial charge is 0.489 e. The number of hydrogen-bond acceptors (Lipinski definition) is 4. The minimum absolute atomic E-state index is 0.226. The number of rotatable bonds is 6. The first-order chi connectivity index (χ1) is 14.7. The Bertz CT molecular complexity index is 1210. The van der Waals surface area contributed by atoms with E-state index in [9.17, 15) is 9.59 Å². The van der Waals surface area contributed by atoms with Crippen molar-refractivity contribution in [2.24, 2.45) is 0 Å². The first-order valence-electron chi connectivity index (χ1n) is 9.77. The summed E-state index contributed by atoms with van der Waals surface area (Å²) in [6.07, 6.45) is 6.00. The number of nitrogens with zero attached hydrogens (tertiary/aromatic N) is 2. The van der Waals surface area contributed by atoms with Gasteiger partial charge in [-0.05, 0) is 48.4 Å². The molecule has 30 heavy (non-hydrogen) atoms. The Balaban J connectivity index is 1.32.